The molecule has 1 heterocycles. The van der Waals surface area contributed by atoms with Crippen molar-refractivity contribution in [2.45, 2.75) is 25.8 Å². The smallest absolute Gasteiger partial charge is 0.407 e. The number of carbonyl (C=O) groups excluding carboxylic acids is 2. The van der Waals surface area contributed by atoms with Crippen molar-refractivity contribution in [2.24, 2.45) is 11.8 Å². The van der Waals surface area contributed by atoms with E-state index < -0.39 is 29.9 Å². The monoisotopic (exact) mass is 422 g/mol. The van der Waals surface area contributed by atoms with Crippen molar-refractivity contribution in [3.8, 4) is 11.1 Å². The maximum absolute atomic E-state index is 12.5. The van der Waals surface area contributed by atoms with Gasteiger partial charge in [0.05, 0.1) is 11.8 Å². The number of aliphatic carboxylic acids is 1. The Labute approximate surface area is 181 Å². The van der Waals surface area contributed by atoms with Gasteiger partial charge in [0.2, 0.25) is 5.91 Å². The Kier molecular flexibility index (Phi) is 5.67. The van der Waals surface area contributed by atoms with Gasteiger partial charge in [0.1, 0.15) is 6.61 Å². The first-order valence-corrected chi connectivity index (χ1v) is 10.5. The number of nitrogens with zero attached hydrogens (tertiary/aromatic N) is 1. The molecule has 0 saturated carbocycles. The van der Waals surface area contributed by atoms with Crippen molar-refractivity contribution in [3.63, 3.8) is 0 Å². The molecule has 31 heavy (non-hydrogen) atoms. The Morgan fingerprint density at radius 3 is 2.13 bits per heavy atom. The van der Waals surface area contributed by atoms with Crippen molar-refractivity contribution in [1.82, 2.24) is 10.2 Å². The first-order chi connectivity index (χ1) is 14.9. The molecular weight excluding hydrogens is 396 g/mol. The van der Waals surface area contributed by atoms with E-state index >= 15 is 0 Å². The van der Waals surface area contributed by atoms with E-state index in [0.717, 1.165) is 22.3 Å². The summed E-state index contributed by atoms with van der Waals surface area (Å²) in [6.45, 7) is 4.12. The lowest BCUT2D eigenvalue weighted by atomic mass is 9.95. The number of carboxylic acid groups (broad SMARTS) is 1. The van der Waals surface area contributed by atoms with Gasteiger partial charge < -0.3 is 20.1 Å². The molecule has 2 amide bonds. The first kappa shape index (κ1) is 20.9. The maximum atomic E-state index is 12.5. The average Bonchev–Trinajstić information content (AvgIpc) is 3.04. The molecule has 2 atom stereocenters. The molecule has 0 spiro atoms. The Morgan fingerprint density at radius 2 is 1.58 bits per heavy atom. The summed E-state index contributed by atoms with van der Waals surface area (Å²) in [5, 5.41) is 11.7. The molecule has 0 radical (unpaired) electrons. The molecule has 2 aromatic carbocycles. The van der Waals surface area contributed by atoms with Crippen LogP contribution >= 0.6 is 0 Å². The topological polar surface area (TPSA) is 95.9 Å². The second kappa shape index (κ2) is 8.41. The molecule has 2 unspecified atom stereocenters. The van der Waals surface area contributed by atoms with Gasteiger partial charge in [-0.05, 0) is 29.2 Å². The molecule has 1 aliphatic carbocycles. The van der Waals surface area contributed by atoms with Gasteiger partial charge in [-0.25, -0.2) is 4.79 Å². The molecule has 2 aromatic rings. The fraction of sp³-hybridized carbons (Fsp3) is 0.375. The maximum Gasteiger partial charge on any atom is 0.407 e. The molecule has 7 nitrogen and oxygen atoms in total. The van der Waals surface area contributed by atoms with Crippen LogP contribution < -0.4 is 5.32 Å². The molecular formula is C24H26N2O5. The van der Waals surface area contributed by atoms with Gasteiger partial charge in [0.15, 0.2) is 0 Å². The quantitative estimate of drug-likeness (QED) is 0.746. The first-order valence-electron chi connectivity index (χ1n) is 10.5. The predicted octanol–water partition coefficient (Wildman–Crippen LogP) is 3.09. The van der Waals surface area contributed by atoms with Crippen molar-refractivity contribution < 1.29 is 24.2 Å². The van der Waals surface area contributed by atoms with Crippen LogP contribution in [0.5, 0.6) is 0 Å². The van der Waals surface area contributed by atoms with Crippen LogP contribution in [0.1, 0.15) is 30.9 Å². The summed E-state index contributed by atoms with van der Waals surface area (Å²) in [5.41, 5.74) is 4.60. The molecule has 2 aliphatic rings. The van der Waals surface area contributed by atoms with E-state index in [-0.39, 0.29) is 31.5 Å². The van der Waals surface area contributed by atoms with Crippen molar-refractivity contribution >= 4 is 18.0 Å². The van der Waals surface area contributed by atoms with E-state index in [0.29, 0.717) is 0 Å². The summed E-state index contributed by atoms with van der Waals surface area (Å²) < 4.78 is 5.54. The molecule has 1 saturated heterocycles. The van der Waals surface area contributed by atoms with Gasteiger partial charge in [-0.15, -0.1) is 0 Å². The molecule has 4 rings (SSSR count). The van der Waals surface area contributed by atoms with Crippen LogP contribution in [0.2, 0.25) is 0 Å². The number of hydrogen-bond acceptors (Lipinski definition) is 4. The van der Waals surface area contributed by atoms with E-state index in [2.05, 4.69) is 29.6 Å². The third kappa shape index (κ3) is 4.00. The number of benzene rings is 2. The van der Waals surface area contributed by atoms with Gasteiger partial charge >= 0.3 is 12.1 Å². The lowest BCUT2D eigenvalue weighted by Gasteiger charge is -2.39. The van der Waals surface area contributed by atoms with Crippen molar-refractivity contribution in [2.75, 3.05) is 19.7 Å². The fourth-order valence-electron chi connectivity index (χ4n) is 4.27. The van der Waals surface area contributed by atoms with Gasteiger partial charge in [-0.2, -0.15) is 0 Å². The van der Waals surface area contributed by atoms with Crippen LogP contribution in [0.25, 0.3) is 11.1 Å². The number of carbonyl (C=O) groups is 3. The minimum atomic E-state index is -0.887. The third-order valence-electron chi connectivity index (χ3n) is 6.37. The zero-order chi connectivity index (χ0) is 22.1. The number of nitrogens with one attached hydrogen (secondary N) is 1. The van der Waals surface area contributed by atoms with E-state index in [4.69, 9.17) is 9.84 Å². The van der Waals surface area contributed by atoms with Gasteiger partial charge in [0.25, 0.3) is 0 Å². The number of likely N-dealkylation sites (tertiary alicyclic amines) is 1. The summed E-state index contributed by atoms with van der Waals surface area (Å²) in [4.78, 5) is 37.4. The molecule has 162 valence electrons. The van der Waals surface area contributed by atoms with E-state index in [9.17, 15) is 14.4 Å². The highest BCUT2D eigenvalue weighted by atomic mass is 16.5. The SMILES string of the molecule is CC(NC(=O)OCC1c2ccccc2-c2ccccc21)C(C)C(=O)N1CC(C(=O)O)C1. The highest BCUT2D eigenvalue weighted by molar-refractivity contribution is 5.83. The van der Waals surface area contributed by atoms with Crippen LogP contribution in [0.3, 0.4) is 0 Å². The summed E-state index contributed by atoms with van der Waals surface area (Å²) in [5.74, 6) is -2.05. The molecule has 0 aromatic heterocycles. The lowest BCUT2D eigenvalue weighted by molar-refractivity contribution is -0.154. The number of ether oxygens (including phenoxy) is 1. The largest absolute Gasteiger partial charge is 0.481 e. The predicted molar refractivity (Wildman–Crippen MR) is 115 cm³/mol. The number of rotatable bonds is 6. The number of fused-ring (bicyclic) bond motifs is 3. The second-order valence-corrected chi connectivity index (χ2v) is 8.33. The zero-order valence-electron chi connectivity index (χ0n) is 17.6. The fourth-order valence-corrected chi connectivity index (χ4v) is 4.27. The molecule has 1 aliphatic heterocycles. The number of amides is 2. The highest BCUT2D eigenvalue weighted by Gasteiger charge is 2.38. The number of carboxylic acids is 1. The minimum absolute atomic E-state index is 0.0263. The highest BCUT2D eigenvalue weighted by Crippen LogP contribution is 2.44. The lowest BCUT2D eigenvalue weighted by Crippen LogP contribution is -2.56. The van der Waals surface area contributed by atoms with Gasteiger partial charge in [-0.1, -0.05) is 55.5 Å². The van der Waals surface area contributed by atoms with E-state index in [1.54, 1.807) is 13.8 Å². The number of hydrogen-bond donors (Lipinski definition) is 2. The molecule has 7 heteroatoms. The van der Waals surface area contributed by atoms with Crippen molar-refractivity contribution in [3.05, 3.63) is 59.7 Å². The third-order valence-corrected chi connectivity index (χ3v) is 6.37. The van der Waals surface area contributed by atoms with Crippen LogP contribution in [-0.2, 0) is 14.3 Å². The number of alkyl carbamates (subject to hydrolysis) is 1. The summed E-state index contributed by atoms with van der Waals surface area (Å²) in [6, 6.07) is 15.8. The van der Waals surface area contributed by atoms with E-state index in [1.807, 2.05) is 24.3 Å². The standard InChI is InChI=1S/C24H26N2O5/c1-14(22(27)26-11-16(12-26)23(28)29)15(2)25-24(30)31-13-21-19-9-5-3-7-17(19)18-8-4-6-10-20(18)21/h3-10,14-16,21H,11-13H2,1-2H3,(H,25,30)(H,28,29). The van der Waals surface area contributed by atoms with Crippen LogP contribution in [0.15, 0.2) is 48.5 Å². The summed E-state index contributed by atoms with van der Waals surface area (Å²) in [7, 11) is 0. The van der Waals surface area contributed by atoms with Gasteiger partial charge in [0, 0.05) is 25.0 Å². The normalized spacial score (nSPS) is 17.2. The Morgan fingerprint density at radius 1 is 1.03 bits per heavy atom. The molecule has 2 N–H and O–H groups in total. The second-order valence-electron chi connectivity index (χ2n) is 8.33. The molecule has 1 fully saturated rings. The Balaban J connectivity index is 1.32. The van der Waals surface area contributed by atoms with E-state index in [1.165, 1.54) is 4.90 Å². The van der Waals surface area contributed by atoms with Crippen LogP contribution in [-0.4, -0.2) is 53.7 Å². The van der Waals surface area contributed by atoms with Crippen LogP contribution in [0.4, 0.5) is 4.79 Å². The Hall–Kier alpha value is -3.35. The van der Waals surface area contributed by atoms with Crippen LogP contribution in [0, 0.1) is 11.8 Å². The zero-order valence-corrected chi connectivity index (χ0v) is 17.6. The van der Waals surface area contributed by atoms with Gasteiger partial charge in [-0.3, -0.25) is 9.59 Å². The summed E-state index contributed by atoms with van der Waals surface area (Å²) in [6.07, 6.45) is -0.568. The minimum Gasteiger partial charge on any atom is -0.481 e. The van der Waals surface area contributed by atoms with Crippen molar-refractivity contribution in [1.29, 1.82) is 0 Å². The summed E-state index contributed by atoms with van der Waals surface area (Å²) >= 11 is 0. The molecule has 0 bridgehead atoms. The average molecular weight is 422 g/mol. The Bertz CT molecular complexity index is 969.